The van der Waals surface area contributed by atoms with Crippen molar-refractivity contribution in [3.05, 3.63) is 53.6 Å². The van der Waals surface area contributed by atoms with E-state index in [1.54, 1.807) is 36.4 Å². The number of aromatic hydroxyl groups is 1. The van der Waals surface area contributed by atoms with E-state index < -0.39 is 17.9 Å². The number of benzene rings is 2. The first kappa shape index (κ1) is 18.0. The van der Waals surface area contributed by atoms with Crippen molar-refractivity contribution in [3.63, 3.8) is 0 Å². The number of carbonyl (C=O) groups is 2. The van der Waals surface area contributed by atoms with Crippen LogP contribution in [0.1, 0.15) is 22.8 Å². The highest BCUT2D eigenvalue weighted by Gasteiger charge is 2.14. The molecule has 130 valence electrons. The number of phenolic OH excluding ortho intramolecular Hbond substituents is 1. The van der Waals surface area contributed by atoms with E-state index in [1.807, 2.05) is 0 Å². The summed E-state index contributed by atoms with van der Waals surface area (Å²) in [7, 11) is 1.51. The number of hydrogen-bond acceptors (Lipinski definition) is 5. The molecule has 0 spiro atoms. The van der Waals surface area contributed by atoms with Gasteiger partial charge in [-0.15, -0.1) is 0 Å². The van der Waals surface area contributed by atoms with Crippen molar-refractivity contribution in [1.29, 1.82) is 0 Å². The summed E-state index contributed by atoms with van der Waals surface area (Å²) in [5, 5.41) is 21.0. The van der Waals surface area contributed by atoms with E-state index in [2.05, 4.69) is 10.3 Å². The van der Waals surface area contributed by atoms with Crippen molar-refractivity contribution in [1.82, 2.24) is 5.32 Å². The van der Waals surface area contributed by atoms with Gasteiger partial charge in [0.05, 0.1) is 12.8 Å². The van der Waals surface area contributed by atoms with Crippen LogP contribution in [0.2, 0.25) is 0 Å². The Morgan fingerprint density at radius 2 is 1.88 bits per heavy atom. The maximum absolute atomic E-state index is 11.9. The Bertz CT molecular complexity index is 800. The van der Waals surface area contributed by atoms with E-state index in [0.29, 0.717) is 22.6 Å². The van der Waals surface area contributed by atoms with Crippen LogP contribution < -0.4 is 10.1 Å². The fraction of sp³-hybridized carbons (Fsp3) is 0.167. The number of aliphatic imine (C=N–C) groups is 1. The van der Waals surface area contributed by atoms with Crippen LogP contribution in [0.3, 0.4) is 0 Å². The molecular formula is C18H18N2O5. The molecule has 0 saturated carbocycles. The Kier molecular flexibility index (Phi) is 5.73. The summed E-state index contributed by atoms with van der Waals surface area (Å²) < 4.78 is 5.01. The lowest BCUT2D eigenvalue weighted by atomic mass is 10.1. The number of aliphatic carboxylic acids is 1. The molecule has 3 N–H and O–H groups in total. The third-order valence-electron chi connectivity index (χ3n) is 3.44. The van der Waals surface area contributed by atoms with Gasteiger partial charge in [0.15, 0.2) is 0 Å². The van der Waals surface area contributed by atoms with Crippen LogP contribution in [0.4, 0.5) is 5.69 Å². The number of nitrogens with one attached hydrogen (secondary N) is 1. The predicted molar refractivity (Wildman–Crippen MR) is 92.9 cm³/mol. The topological polar surface area (TPSA) is 108 Å². The normalized spacial score (nSPS) is 11.9. The van der Waals surface area contributed by atoms with Crippen LogP contribution in [0.25, 0.3) is 0 Å². The fourth-order valence-electron chi connectivity index (χ4n) is 1.94. The Morgan fingerprint density at radius 1 is 1.20 bits per heavy atom. The summed E-state index contributed by atoms with van der Waals surface area (Å²) >= 11 is 0. The standard InChI is InChI=1S/C18H18N2O5/c1-11(18(23)24)20-17(22)12-3-6-14(7-4-12)19-10-13-5-8-15(25-2)9-16(13)21/h3-11,21H,1-2H3,(H,20,22)(H,23,24)/t11-/m0/s1. The van der Waals surface area contributed by atoms with Gasteiger partial charge in [-0.25, -0.2) is 0 Å². The first-order valence-corrected chi connectivity index (χ1v) is 7.45. The molecule has 2 rings (SSSR count). The monoisotopic (exact) mass is 342 g/mol. The van der Waals surface area contributed by atoms with Crippen molar-refractivity contribution in [2.45, 2.75) is 13.0 Å². The Balaban J connectivity index is 2.07. The highest BCUT2D eigenvalue weighted by molar-refractivity contribution is 5.96. The van der Waals surface area contributed by atoms with Crippen LogP contribution in [0.5, 0.6) is 11.5 Å². The van der Waals surface area contributed by atoms with Gasteiger partial charge in [0, 0.05) is 23.4 Å². The maximum atomic E-state index is 11.9. The van der Waals surface area contributed by atoms with E-state index >= 15 is 0 Å². The molecule has 0 aliphatic carbocycles. The second kappa shape index (κ2) is 7.96. The zero-order valence-electron chi connectivity index (χ0n) is 13.8. The number of carbonyl (C=O) groups excluding carboxylic acids is 1. The minimum atomic E-state index is -1.10. The predicted octanol–water partition coefficient (Wildman–Crippen LogP) is 2.35. The van der Waals surface area contributed by atoms with Crippen LogP contribution in [-0.2, 0) is 4.79 Å². The smallest absolute Gasteiger partial charge is 0.325 e. The molecule has 0 radical (unpaired) electrons. The molecule has 7 nitrogen and oxygen atoms in total. The van der Waals surface area contributed by atoms with Gasteiger partial charge in [-0.05, 0) is 43.3 Å². The molecular weight excluding hydrogens is 324 g/mol. The van der Waals surface area contributed by atoms with Crippen molar-refractivity contribution in [3.8, 4) is 11.5 Å². The van der Waals surface area contributed by atoms with Crippen molar-refractivity contribution >= 4 is 23.8 Å². The Hall–Kier alpha value is -3.35. The number of ether oxygens (including phenoxy) is 1. The number of phenols is 1. The highest BCUT2D eigenvalue weighted by Crippen LogP contribution is 2.22. The Labute approximate surface area is 144 Å². The van der Waals surface area contributed by atoms with Gasteiger partial charge in [-0.3, -0.25) is 14.6 Å². The number of amides is 1. The van der Waals surface area contributed by atoms with Gasteiger partial charge < -0.3 is 20.3 Å². The van der Waals surface area contributed by atoms with Gasteiger partial charge in [0.1, 0.15) is 17.5 Å². The van der Waals surface area contributed by atoms with Crippen molar-refractivity contribution in [2.75, 3.05) is 7.11 Å². The van der Waals surface area contributed by atoms with Crippen LogP contribution in [0, 0.1) is 0 Å². The van der Waals surface area contributed by atoms with Crippen molar-refractivity contribution < 1.29 is 24.5 Å². The molecule has 0 bridgehead atoms. The number of carboxylic acids is 1. The third-order valence-corrected chi connectivity index (χ3v) is 3.44. The lowest BCUT2D eigenvalue weighted by Crippen LogP contribution is -2.38. The molecule has 0 heterocycles. The maximum Gasteiger partial charge on any atom is 0.325 e. The van der Waals surface area contributed by atoms with E-state index in [4.69, 9.17) is 9.84 Å². The zero-order chi connectivity index (χ0) is 18.4. The fourth-order valence-corrected chi connectivity index (χ4v) is 1.94. The lowest BCUT2D eigenvalue weighted by Gasteiger charge is -2.09. The molecule has 1 amide bonds. The third kappa shape index (κ3) is 4.81. The summed E-state index contributed by atoms with van der Waals surface area (Å²) in [6.07, 6.45) is 1.50. The quantitative estimate of drug-likeness (QED) is 0.698. The second-order valence-electron chi connectivity index (χ2n) is 5.26. The number of methoxy groups -OCH3 is 1. The first-order valence-electron chi connectivity index (χ1n) is 7.45. The Morgan fingerprint density at radius 3 is 2.44 bits per heavy atom. The van der Waals surface area contributed by atoms with Gasteiger partial charge in [-0.2, -0.15) is 0 Å². The SMILES string of the molecule is COc1ccc(C=Nc2ccc(C(=O)N[C@@H](C)C(=O)O)cc2)c(O)c1. The molecule has 0 unspecified atom stereocenters. The van der Waals surface area contributed by atoms with E-state index in [1.165, 1.54) is 26.3 Å². The minimum Gasteiger partial charge on any atom is -0.507 e. The summed E-state index contributed by atoms with van der Waals surface area (Å²) in [6.45, 7) is 1.39. The average molecular weight is 342 g/mol. The number of nitrogens with zero attached hydrogens (tertiary/aromatic N) is 1. The van der Waals surface area contributed by atoms with Gasteiger partial charge >= 0.3 is 5.97 Å². The second-order valence-corrected chi connectivity index (χ2v) is 5.26. The van der Waals surface area contributed by atoms with Crippen LogP contribution >= 0.6 is 0 Å². The minimum absolute atomic E-state index is 0.0433. The van der Waals surface area contributed by atoms with E-state index in [-0.39, 0.29) is 5.75 Å². The summed E-state index contributed by atoms with van der Waals surface area (Å²) in [6, 6.07) is 10.2. The summed E-state index contributed by atoms with van der Waals surface area (Å²) in [4.78, 5) is 26.9. The van der Waals surface area contributed by atoms with Gasteiger partial charge in [-0.1, -0.05) is 0 Å². The highest BCUT2D eigenvalue weighted by atomic mass is 16.5. The van der Waals surface area contributed by atoms with Gasteiger partial charge in [0.2, 0.25) is 0 Å². The van der Waals surface area contributed by atoms with Crippen LogP contribution in [0.15, 0.2) is 47.5 Å². The van der Waals surface area contributed by atoms with E-state index in [0.717, 1.165) is 0 Å². The average Bonchev–Trinajstić information content (AvgIpc) is 2.60. The number of rotatable bonds is 6. The molecule has 0 aliphatic heterocycles. The lowest BCUT2D eigenvalue weighted by molar-refractivity contribution is -0.138. The van der Waals surface area contributed by atoms with Crippen LogP contribution in [-0.4, -0.2) is 41.5 Å². The first-order chi connectivity index (χ1) is 11.9. The zero-order valence-corrected chi connectivity index (χ0v) is 13.8. The molecule has 2 aromatic carbocycles. The van der Waals surface area contributed by atoms with Gasteiger partial charge in [0.25, 0.3) is 5.91 Å². The molecule has 2 aromatic rings. The van der Waals surface area contributed by atoms with E-state index in [9.17, 15) is 14.7 Å². The molecule has 0 aromatic heterocycles. The number of carboxylic acid groups (broad SMARTS) is 1. The number of hydrogen-bond donors (Lipinski definition) is 3. The molecule has 1 atom stereocenters. The molecule has 0 saturated heterocycles. The summed E-state index contributed by atoms with van der Waals surface area (Å²) in [5.41, 5.74) is 1.44. The molecule has 25 heavy (non-hydrogen) atoms. The largest absolute Gasteiger partial charge is 0.507 e. The summed E-state index contributed by atoms with van der Waals surface area (Å²) in [5.74, 6) is -0.991. The van der Waals surface area contributed by atoms with Crippen molar-refractivity contribution in [2.24, 2.45) is 4.99 Å². The molecule has 0 fully saturated rings. The molecule has 7 heteroatoms. The molecule has 0 aliphatic rings.